The van der Waals surface area contributed by atoms with Gasteiger partial charge in [0.25, 0.3) is 0 Å². The Morgan fingerprint density at radius 1 is 1.21 bits per heavy atom. The van der Waals surface area contributed by atoms with Gasteiger partial charge in [0.05, 0.1) is 5.56 Å². The average Bonchev–Trinajstić information content (AvgIpc) is 2.02. The largest absolute Gasteiger partial charge is 0.415 e. The minimum absolute atomic E-state index is 0.253. The van der Waals surface area contributed by atoms with Gasteiger partial charge in [-0.25, -0.2) is 0 Å². The molecule has 1 nitrogen and oxygen atoms in total. The lowest BCUT2D eigenvalue weighted by Gasteiger charge is -2.16. The topological polar surface area (TPSA) is 3.24 Å². The van der Waals surface area contributed by atoms with Crippen LogP contribution in [0.2, 0.25) is 0 Å². The van der Waals surface area contributed by atoms with Crippen molar-refractivity contribution in [1.29, 1.82) is 0 Å². The molecule has 5 heteroatoms. The van der Waals surface area contributed by atoms with Gasteiger partial charge >= 0.3 is 6.18 Å². The molecule has 0 N–H and O–H groups in total. The highest BCUT2D eigenvalue weighted by Crippen LogP contribution is 2.29. The van der Waals surface area contributed by atoms with Crippen molar-refractivity contribution in [2.45, 2.75) is 6.18 Å². The molecule has 1 aromatic rings. The van der Waals surface area contributed by atoms with Crippen LogP contribution >= 0.6 is 0 Å². The van der Waals surface area contributed by atoms with Crippen LogP contribution < -0.4 is 10.4 Å². The second kappa shape index (κ2) is 3.56. The van der Waals surface area contributed by atoms with Crippen molar-refractivity contribution >= 4 is 19.0 Å². The summed E-state index contributed by atoms with van der Waals surface area (Å²) in [6, 6.07) is 4.32. The molecular weight excluding hydrogens is 190 g/mol. The first-order valence-corrected chi connectivity index (χ1v) is 4.17. The zero-order valence-corrected chi connectivity index (χ0v) is 8.31. The summed E-state index contributed by atoms with van der Waals surface area (Å²) in [5.41, 5.74) is 0.245. The van der Waals surface area contributed by atoms with Gasteiger partial charge in [0, 0.05) is 19.8 Å². The molecule has 0 aliphatic rings. The first-order chi connectivity index (χ1) is 6.32. The molecule has 14 heavy (non-hydrogen) atoms. The van der Waals surface area contributed by atoms with Crippen LogP contribution in [0.15, 0.2) is 18.2 Å². The molecule has 0 aliphatic carbocycles. The summed E-state index contributed by atoms with van der Waals surface area (Å²) in [5, 5.41) is 0. The molecule has 1 rings (SSSR count). The van der Waals surface area contributed by atoms with E-state index in [0.29, 0.717) is 5.69 Å². The molecule has 0 spiro atoms. The van der Waals surface area contributed by atoms with E-state index in [9.17, 15) is 13.2 Å². The molecule has 0 atom stereocenters. The monoisotopic (exact) mass is 201 g/mol. The minimum Gasteiger partial charge on any atom is -0.378 e. The Morgan fingerprint density at radius 3 is 2.21 bits per heavy atom. The lowest BCUT2D eigenvalue weighted by molar-refractivity contribution is -0.136. The van der Waals surface area contributed by atoms with E-state index < -0.39 is 11.7 Å². The van der Waals surface area contributed by atoms with Crippen LogP contribution in [0.4, 0.5) is 18.9 Å². The van der Waals surface area contributed by atoms with Crippen LogP contribution in [0, 0.1) is 0 Å². The van der Waals surface area contributed by atoms with Crippen LogP contribution in [0.3, 0.4) is 0 Å². The highest BCUT2D eigenvalue weighted by molar-refractivity contribution is 6.33. The lowest BCUT2D eigenvalue weighted by atomic mass is 9.90. The smallest absolute Gasteiger partial charge is 0.378 e. The second-order valence-electron chi connectivity index (χ2n) is 3.39. The van der Waals surface area contributed by atoms with Gasteiger partial charge in [-0.15, -0.1) is 0 Å². The van der Waals surface area contributed by atoms with Crippen LogP contribution in [0.1, 0.15) is 5.56 Å². The maximum Gasteiger partial charge on any atom is 0.415 e. The van der Waals surface area contributed by atoms with Gasteiger partial charge in [-0.1, -0.05) is 11.5 Å². The predicted octanol–water partition coefficient (Wildman–Crippen LogP) is 1.03. The van der Waals surface area contributed by atoms with Crippen molar-refractivity contribution in [3.05, 3.63) is 23.8 Å². The number of anilines is 1. The molecule has 0 bridgehead atoms. The molecule has 1 aromatic carbocycles. The van der Waals surface area contributed by atoms with Gasteiger partial charge < -0.3 is 4.90 Å². The molecule has 0 radical (unpaired) electrons. The van der Waals surface area contributed by atoms with Crippen LogP contribution in [0.5, 0.6) is 0 Å². The normalized spacial score (nSPS) is 11.5. The number of benzene rings is 1. The van der Waals surface area contributed by atoms with E-state index in [2.05, 4.69) is 0 Å². The first-order valence-electron chi connectivity index (χ1n) is 4.17. The van der Waals surface area contributed by atoms with Crippen molar-refractivity contribution in [3.8, 4) is 0 Å². The SMILES string of the molecule is Bc1ccc(N(C)C)cc1C(F)(F)F. The Bertz CT molecular complexity index is 333. The van der Waals surface area contributed by atoms with E-state index in [0.717, 1.165) is 6.07 Å². The van der Waals surface area contributed by atoms with Gasteiger partial charge in [-0.3, -0.25) is 0 Å². The maximum absolute atomic E-state index is 12.5. The van der Waals surface area contributed by atoms with Crippen molar-refractivity contribution in [1.82, 2.24) is 0 Å². The fourth-order valence-corrected chi connectivity index (χ4v) is 1.19. The number of hydrogen-bond acceptors (Lipinski definition) is 1. The highest BCUT2D eigenvalue weighted by atomic mass is 19.4. The van der Waals surface area contributed by atoms with E-state index in [1.165, 1.54) is 13.9 Å². The number of rotatable bonds is 1. The zero-order valence-electron chi connectivity index (χ0n) is 8.31. The average molecular weight is 201 g/mol. The third-order valence-corrected chi connectivity index (χ3v) is 2.04. The Balaban J connectivity index is 3.22. The summed E-state index contributed by atoms with van der Waals surface area (Å²) in [5.74, 6) is 0. The Hall–Kier alpha value is -1.13. The van der Waals surface area contributed by atoms with Crippen LogP contribution in [0.25, 0.3) is 0 Å². The Kier molecular flexibility index (Phi) is 2.78. The molecule has 0 saturated heterocycles. The fourth-order valence-electron chi connectivity index (χ4n) is 1.19. The second-order valence-corrected chi connectivity index (χ2v) is 3.39. The van der Waals surface area contributed by atoms with Crippen LogP contribution in [-0.2, 0) is 6.18 Å². The molecule has 0 heterocycles. The molecule has 0 saturated carbocycles. The van der Waals surface area contributed by atoms with Crippen molar-refractivity contribution in [3.63, 3.8) is 0 Å². The predicted molar refractivity (Wildman–Crippen MR) is 53.9 cm³/mol. The van der Waals surface area contributed by atoms with Gasteiger partial charge in [0.2, 0.25) is 0 Å². The molecule has 0 aromatic heterocycles. The number of halogens is 3. The Morgan fingerprint density at radius 2 is 1.79 bits per heavy atom. The van der Waals surface area contributed by atoms with E-state index in [4.69, 9.17) is 0 Å². The van der Waals surface area contributed by atoms with E-state index in [1.54, 1.807) is 25.1 Å². The minimum atomic E-state index is -4.27. The lowest BCUT2D eigenvalue weighted by Crippen LogP contribution is -2.21. The molecule has 0 fully saturated rings. The summed E-state index contributed by atoms with van der Waals surface area (Å²) in [4.78, 5) is 1.65. The van der Waals surface area contributed by atoms with E-state index in [-0.39, 0.29) is 5.46 Å². The van der Waals surface area contributed by atoms with Crippen LogP contribution in [-0.4, -0.2) is 21.9 Å². The standard InChI is InChI=1S/C9H11BF3N/c1-14(2)6-3-4-8(10)7(5-6)9(11,12)13/h3-5H,10H2,1-2H3. The summed E-state index contributed by atoms with van der Waals surface area (Å²) >= 11 is 0. The first kappa shape index (κ1) is 11.0. The molecule has 0 aliphatic heterocycles. The van der Waals surface area contributed by atoms with Crippen molar-refractivity contribution < 1.29 is 13.2 Å². The van der Waals surface area contributed by atoms with Crippen molar-refractivity contribution in [2.24, 2.45) is 0 Å². The Labute approximate surface area is 81.9 Å². The molecule has 76 valence electrons. The summed E-state index contributed by atoms with van der Waals surface area (Å²) < 4.78 is 37.4. The number of nitrogens with zero attached hydrogens (tertiary/aromatic N) is 1. The van der Waals surface area contributed by atoms with E-state index in [1.807, 2.05) is 0 Å². The third-order valence-electron chi connectivity index (χ3n) is 2.04. The number of alkyl halides is 3. The summed E-state index contributed by atoms with van der Waals surface area (Å²) in [6.45, 7) is 0. The molecule has 0 amide bonds. The van der Waals surface area contributed by atoms with Gasteiger partial charge in [0.1, 0.15) is 7.85 Å². The van der Waals surface area contributed by atoms with Gasteiger partial charge in [-0.05, 0) is 12.1 Å². The van der Waals surface area contributed by atoms with Gasteiger partial charge in [-0.2, -0.15) is 13.2 Å². The fraction of sp³-hybridized carbons (Fsp3) is 0.333. The van der Waals surface area contributed by atoms with Gasteiger partial charge in [0.15, 0.2) is 0 Å². The van der Waals surface area contributed by atoms with E-state index >= 15 is 0 Å². The third kappa shape index (κ3) is 2.22. The maximum atomic E-state index is 12.5. The highest BCUT2D eigenvalue weighted by Gasteiger charge is 2.32. The number of hydrogen-bond donors (Lipinski definition) is 0. The van der Waals surface area contributed by atoms with Crippen molar-refractivity contribution in [2.75, 3.05) is 19.0 Å². The molecular formula is C9H11BF3N. The summed E-state index contributed by atoms with van der Waals surface area (Å²) in [7, 11) is 4.89. The molecule has 0 unspecified atom stereocenters. The summed E-state index contributed by atoms with van der Waals surface area (Å²) in [6.07, 6.45) is -4.27. The quantitative estimate of drug-likeness (QED) is 0.613. The zero-order chi connectivity index (χ0) is 10.9.